The van der Waals surface area contributed by atoms with Crippen LogP contribution in [-0.2, 0) is 0 Å². The second-order valence-corrected chi connectivity index (χ2v) is 3.62. The van der Waals surface area contributed by atoms with Crippen molar-refractivity contribution in [1.29, 1.82) is 0 Å². The van der Waals surface area contributed by atoms with Gasteiger partial charge in [-0.2, -0.15) is 0 Å². The molecule has 0 bridgehead atoms. The van der Waals surface area contributed by atoms with Crippen LogP contribution in [0.3, 0.4) is 0 Å². The summed E-state index contributed by atoms with van der Waals surface area (Å²) in [6.45, 7) is 3.37. The highest BCUT2D eigenvalue weighted by Crippen LogP contribution is 2.07. The molecule has 0 aromatic heterocycles. The summed E-state index contributed by atoms with van der Waals surface area (Å²) in [5, 5.41) is 3.43. The summed E-state index contributed by atoms with van der Waals surface area (Å²) in [4.78, 5) is 2.37. The van der Waals surface area contributed by atoms with Crippen molar-refractivity contribution in [3.05, 3.63) is 0 Å². The molecule has 1 fully saturated rings. The normalized spacial score (nSPS) is 27.3. The molecule has 0 aromatic rings. The third kappa shape index (κ3) is 3.41. The van der Waals surface area contributed by atoms with E-state index in [0.29, 0.717) is 6.04 Å². The summed E-state index contributed by atoms with van der Waals surface area (Å²) in [6, 6.07) is 0.674. The number of halogens is 1. The van der Waals surface area contributed by atoms with E-state index in [1.54, 1.807) is 0 Å². The van der Waals surface area contributed by atoms with Crippen molar-refractivity contribution in [2.45, 2.75) is 18.9 Å². The first-order valence-electron chi connectivity index (χ1n) is 4.31. The Hall–Kier alpha value is 0.210. The minimum absolute atomic E-state index is 0.674. The van der Waals surface area contributed by atoms with Crippen LogP contribution in [0.4, 0.5) is 0 Å². The molecule has 1 atom stereocenters. The molecule has 2 nitrogen and oxygen atoms in total. The van der Waals surface area contributed by atoms with E-state index in [-0.39, 0.29) is 0 Å². The Morgan fingerprint density at radius 1 is 1.64 bits per heavy atom. The van der Waals surface area contributed by atoms with Gasteiger partial charge in [-0.1, -0.05) is 0 Å². The fraction of sp³-hybridized carbons (Fsp3) is 1.00. The third-order valence-electron chi connectivity index (χ3n) is 2.15. The molecular formula is C8H17ClN2. The van der Waals surface area contributed by atoms with E-state index in [1.807, 2.05) is 0 Å². The maximum atomic E-state index is 5.58. The molecule has 1 aliphatic rings. The van der Waals surface area contributed by atoms with E-state index in [4.69, 9.17) is 11.6 Å². The predicted molar refractivity (Wildman–Crippen MR) is 49.2 cm³/mol. The van der Waals surface area contributed by atoms with Crippen molar-refractivity contribution in [3.8, 4) is 0 Å². The molecule has 0 radical (unpaired) electrons. The summed E-state index contributed by atoms with van der Waals surface area (Å²) in [7, 11) is 2.18. The molecule has 1 N–H and O–H groups in total. The van der Waals surface area contributed by atoms with Gasteiger partial charge in [0.05, 0.1) is 0 Å². The molecule has 3 heteroatoms. The maximum absolute atomic E-state index is 5.58. The summed E-state index contributed by atoms with van der Waals surface area (Å²) in [6.07, 6.45) is 2.62. The summed E-state index contributed by atoms with van der Waals surface area (Å²) in [5.41, 5.74) is 0. The molecule has 0 aromatic carbocycles. The monoisotopic (exact) mass is 176 g/mol. The van der Waals surface area contributed by atoms with E-state index in [2.05, 4.69) is 17.3 Å². The standard InChI is InChI=1S/C8H17ClN2/c1-11-6-2-3-8(7-11)10-5-4-9/h8,10H,2-7H2,1H3. The molecule has 0 amide bonds. The van der Waals surface area contributed by atoms with Crippen LogP contribution in [0, 0.1) is 0 Å². The van der Waals surface area contributed by atoms with Crippen molar-refractivity contribution < 1.29 is 0 Å². The van der Waals surface area contributed by atoms with Gasteiger partial charge in [-0.3, -0.25) is 0 Å². The first-order chi connectivity index (χ1) is 5.33. The van der Waals surface area contributed by atoms with Crippen LogP contribution < -0.4 is 5.32 Å². The first kappa shape index (κ1) is 9.30. The number of rotatable bonds is 3. The van der Waals surface area contributed by atoms with E-state index in [9.17, 15) is 0 Å². The molecule has 0 saturated carbocycles. The molecule has 0 aliphatic carbocycles. The molecule has 1 aliphatic heterocycles. The number of likely N-dealkylation sites (N-methyl/N-ethyl adjacent to an activating group) is 1. The number of likely N-dealkylation sites (tertiary alicyclic amines) is 1. The fourth-order valence-electron chi connectivity index (χ4n) is 1.59. The number of nitrogens with zero attached hydrogens (tertiary/aromatic N) is 1. The lowest BCUT2D eigenvalue weighted by Crippen LogP contribution is -2.44. The maximum Gasteiger partial charge on any atom is 0.0348 e. The molecule has 11 heavy (non-hydrogen) atoms. The lowest BCUT2D eigenvalue weighted by Gasteiger charge is -2.30. The highest BCUT2D eigenvalue weighted by Gasteiger charge is 2.15. The van der Waals surface area contributed by atoms with Gasteiger partial charge in [0.25, 0.3) is 0 Å². The predicted octanol–water partition coefficient (Wildman–Crippen LogP) is 0.909. The van der Waals surface area contributed by atoms with E-state index in [0.717, 1.165) is 12.4 Å². The molecule has 1 heterocycles. The zero-order valence-corrected chi connectivity index (χ0v) is 7.90. The third-order valence-corrected chi connectivity index (χ3v) is 2.34. The Balaban J connectivity index is 2.12. The number of hydrogen-bond donors (Lipinski definition) is 1. The van der Waals surface area contributed by atoms with Crippen molar-refractivity contribution >= 4 is 11.6 Å². The molecule has 1 rings (SSSR count). The van der Waals surface area contributed by atoms with Crippen LogP contribution in [0.25, 0.3) is 0 Å². The second-order valence-electron chi connectivity index (χ2n) is 3.24. The van der Waals surface area contributed by atoms with Gasteiger partial charge in [0.1, 0.15) is 0 Å². The minimum atomic E-state index is 0.674. The first-order valence-corrected chi connectivity index (χ1v) is 4.84. The Morgan fingerprint density at radius 3 is 3.09 bits per heavy atom. The van der Waals surface area contributed by atoms with Gasteiger partial charge in [-0.15, -0.1) is 11.6 Å². The quantitative estimate of drug-likeness (QED) is 0.644. The number of piperidine rings is 1. The van der Waals surface area contributed by atoms with E-state index >= 15 is 0 Å². The molecular weight excluding hydrogens is 160 g/mol. The summed E-state index contributed by atoms with van der Waals surface area (Å²) >= 11 is 5.58. The largest absolute Gasteiger partial charge is 0.312 e. The van der Waals surface area contributed by atoms with Crippen molar-refractivity contribution in [2.24, 2.45) is 0 Å². The number of hydrogen-bond acceptors (Lipinski definition) is 2. The van der Waals surface area contributed by atoms with Gasteiger partial charge in [0, 0.05) is 25.0 Å². The number of alkyl halides is 1. The Morgan fingerprint density at radius 2 is 2.45 bits per heavy atom. The van der Waals surface area contributed by atoms with Crippen molar-refractivity contribution in [1.82, 2.24) is 10.2 Å². The van der Waals surface area contributed by atoms with E-state index in [1.165, 1.54) is 25.9 Å². The fourth-order valence-corrected chi connectivity index (χ4v) is 1.70. The average Bonchev–Trinajstić information content (AvgIpc) is 2.01. The van der Waals surface area contributed by atoms with Gasteiger partial charge in [0.2, 0.25) is 0 Å². The Bertz CT molecular complexity index is 108. The zero-order valence-electron chi connectivity index (χ0n) is 7.15. The van der Waals surface area contributed by atoms with Gasteiger partial charge in [-0.05, 0) is 26.4 Å². The highest BCUT2D eigenvalue weighted by atomic mass is 35.5. The molecule has 66 valence electrons. The van der Waals surface area contributed by atoms with Crippen LogP contribution in [0.5, 0.6) is 0 Å². The zero-order chi connectivity index (χ0) is 8.10. The Labute approximate surface area is 73.9 Å². The van der Waals surface area contributed by atoms with Crippen LogP contribution in [0.1, 0.15) is 12.8 Å². The van der Waals surface area contributed by atoms with Crippen molar-refractivity contribution in [2.75, 3.05) is 32.6 Å². The topological polar surface area (TPSA) is 15.3 Å². The number of nitrogens with one attached hydrogen (secondary N) is 1. The lowest BCUT2D eigenvalue weighted by atomic mass is 10.1. The van der Waals surface area contributed by atoms with Crippen LogP contribution in [-0.4, -0.2) is 43.5 Å². The van der Waals surface area contributed by atoms with Crippen molar-refractivity contribution in [3.63, 3.8) is 0 Å². The van der Waals surface area contributed by atoms with Gasteiger partial charge in [-0.25, -0.2) is 0 Å². The van der Waals surface area contributed by atoms with Crippen LogP contribution >= 0.6 is 11.6 Å². The highest BCUT2D eigenvalue weighted by molar-refractivity contribution is 6.18. The smallest absolute Gasteiger partial charge is 0.0348 e. The van der Waals surface area contributed by atoms with Gasteiger partial charge < -0.3 is 10.2 Å². The summed E-state index contributed by atoms with van der Waals surface area (Å²) < 4.78 is 0. The lowest BCUT2D eigenvalue weighted by molar-refractivity contribution is 0.229. The van der Waals surface area contributed by atoms with Gasteiger partial charge in [0.15, 0.2) is 0 Å². The SMILES string of the molecule is CN1CCCC(NCCCl)C1. The Kier molecular flexibility index (Phi) is 4.20. The van der Waals surface area contributed by atoms with Crippen LogP contribution in [0.15, 0.2) is 0 Å². The van der Waals surface area contributed by atoms with Crippen LogP contribution in [0.2, 0.25) is 0 Å². The molecule has 0 spiro atoms. The minimum Gasteiger partial charge on any atom is -0.312 e. The average molecular weight is 177 g/mol. The molecule has 1 saturated heterocycles. The van der Waals surface area contributed by atoms with Gasteiger partial charge >= 0.3 is 0 Å². The van der Waals surface area contributed by atoms with E-state index < -0.39 is 0 Å². The summed E-state index contributed by atoms with van der Waals surface area (Å²) in [5.74, 6) is 0.722. The second kappa shape index (κ2) is 4.96. The molecule has 1 unspecified atom stereocenters.